The van der Waals surface area contributed by atoms with Crippen LogP contribution in [0.3, 0.4) is 0 Å². The van der Waals surface area contributed by atoms with Gasteiger partial charge in [0.1, 0.15) is 6.10 Å². The molecular formula is C14H15FN4O3. The molecule has 0 saturated heterocycles. The Morgan fingerprint density at radius 2 is 2.00 bits per heavy atom. The molecule has 2 aromatic rings. The zero-order valence-corrected chi connectivity index (χ0v) is 11.7. The van der Waals surface area contributed by atoms with Gasteiger partial charge >= 0.3 is 6.01 Å². The molecule has 1 aliphatic carbocycles. The third-order valence-electron chi connectivity index (χ3n) is 3.54. The molecule has 0 unspecified atom stereocenters. The first-order valence-corrected chi connectivity index (χ1v) is 7.06. The number of hydrogen-bond acceptors (Lipinski definition) is 6. The van der Waals surface area contributed by atoms with Gasteiger partial charge in [-0.25, -0.2) is 14.4 Å². The predicted molar refractivity (Wildman–Crippen MR) is 72.6 cm³/mol. The summed E-state index contributed by atoms with van der Waals surface area (Å²) in [4.78, 5) is 19.4. The molecule has 0 aliphatic heterocycles. The van der Waals surface area contributed by atoms with Crippen LogP contribution in [0.4, 0.5) is 4.39 Å². The Morgan fingerprint density at radius 1 is 1.27 bits per heavy atom. The number of ether oxygens (including phenoxy) is 1. The van der Waals surface area contributed by atoms with Crippen molar-refractivity contribution in [2.45, 2.75) is 37.8 Å². The molecule has 3 rings (SSSR count). The number of halogens is 1. The molecule has 2 aromatic heterocycles. The molecule has 0 spiro atoms. The molecule has 1 aliphatic rings. The van der Waals surface area contributed by atoms with Crippen LogP contribution in [0.15, 0.2) is 29.2 Å². The predicted octanol–water partition coefficient (Wildman–Crippen LogP) is 1.72. The fourth-order valence-electron chi connectivity index (χ4n) is 2.42. The van der Waals surface area contributed by atoms with E-state index in [1.54, 1.807) is 0 Å². The van der Waals surface area contributed by atoms with Crippen molar-refractivity contribution in [1.29, 1.82) is 0 Å². The zero-order valence-electron chi connectivity index (χ0n) is 11.7. The van der Waals surface area contributed by atoms with Crippen LogP contribution in [0.1, 0.15) is 36.2 Å². The van der Waals surface area contributed by atoms with Crippen LogP contribution in [0.25, 0.3) is 0 Å². The quantitative estimate of drug-likeness (QED) is 0.925. The van der Waals surface area contributed by atoms with Crippen LogP contribution in [0.2, 0.25) is 0 Å². The third kappa shape index (κ3) is 3.57. The summed E-state index contributed by atoms with van der Waals surface area (Å²) < 4.78 is 23.1. The molecule has 116 valence electrons. The van der Waals surface area contributed by atoms with E-state index >= 15 is 0 Å². The Hall–Kier alpha value is -2.51. The molecule has 7 nitrogen and oxygen atoms in total. The van der Waals surface area contributed by atoms with E-state index in [1.807, 2.05) is 0 Å². The van der Waals surface area contributed by atoms with Gasteiger partial charge in [-0.1, -0.05) is 5.16 Å². The van der Waals surface area contributed by atoms with Crippen molar-refractivity contribution in [3.8, 4) is 6.01 Å². The van der Waals surface area contributed by atoms with Crippen LogP contribution in [0.5, 0.6) is 6.01 Å². The average Bonchev–Trinajstić information content (AvgIpc) is 3.06. The van der Waals surface area contributed by atoms with Crippen molar-refractivity contribution in [3.05, 3.63) is 36.2 Å². The highest BCUT2D eigenvalue weighted by molar-refractivity contribution is 5.91. The molecule has 1 saturated carbocycles. The van der Waals surface area contributed by atoms with Crippen LogP contribution >= 0.6 is 0 Å². The van der Waals surface area contributed by atoms with E-state index in [0.717, 1.165) is 38.1 Å². The number of hydrogen-bond donors (Lipinski definition) is 1. The van der Waals surface area contributed by atoms with Crippen molar-refractivity contribution >= 4 is 5.91 Å². The summed E-state index contributed by atoms with van der Waals surface area (Å²) in [6, 6.07) is 1.78. The van der Waals surface area contributed by atoms with Gasteiger partial charge < -0.3 is 14.6 Å². The first kappa shape index (κ1) is 14.4. The third-order valence-corrected chi connectivity index (χ3v) is 3.54. The summed E-state index contributed by atoms with van der Waals surface area (Å²) in [7, 11) is 0. The maximum Gasteiger partial charge on any atom is 0.316 e. The van der Waals surface area contributed by atoms with E-state index in [9.17, 15) is 9.18 Å². The maximum absolute atomic E-state index is 12.7. The summed E-state index contributed by atoms with van der Waals surface area (Å²) in [6.45, 7) is 0. The lowest BCUT2D eigenvalue weighted by Gasteiger charge is -2.28. The fraction of sp³-hybridized carbons (Fsp3) is 0.429. The number of amides is 1. The molecule has 0 radical (unpaired) electrons. The van der Waals surface area contributed by atoms with E-state index in [-0.39, 0.29) is 29.8 Å². The molecule has 0 aromatic carbocycles. The van der Waals surface area contributed by atoms with Crippen LogP contribution < -0.4 is 10.1 Å². The first-order chi connectivity index (χ1) is 10.7. The lowest BCUT2D eigenvalue weighted by molar-refractivity contribution is 0.0850. The second kappa shape index (κ2) is 6.50. The largest absolute Gasteiger partial charge is 0.460 e. The lowest BCUT2D eigenvalue weighted by atomic mass is 9.93. The van der Waals surface area contributed by atoms with Gasteiger partial charge in [0.2, 0.25) is 5.76 Å². The van der Waals surface area contributed by atoms with Crippen LogP contribution in [0, 0.1) is 5.82 Å². The van der Waals surface area contributed by atoms with Gasteiger partial charge in [0.25, 0.3) is 5.91 Å². The number of nitrogens with one attached hydrogen (secondary N) is 1. The Balaban J connectivity index is 1.46. The first-order valence-electron chi connectivity index (χ1n) is 7.06. The van der Waals surface area contributed by atoms with E-state index < -0.39 is 5.82 Å². The van der Waals surface area contributed by atoms with Gasteiger partial charge in [0.05, 0.1) is 18.6 Å². The van der Waals surface area contributed by atoms with Crippen molar-refractivity contribution in [3.63, 3.8) is 0 Å². The van der Waals surface area contributed by atoms with Gasteiger partial charge in [0.15, 0.2) is 5.82 Å². The zero-order chi connectivity index (χ0) is 15.4. The fourth-order valence-corrected chi connectivity index (χ4v) is 2.42. The normalized spacial score (nSPS) is 21.3. The Morgan fingerprint density at radius 3 is 2.64 bits per heavy atom. The van der Waals surface area contributed by atoms with Crippen LogP contribution in [-0.4, -0.2) is 33.2 Å². The Bertz CT molecular complexity index is 610. The molecular weight excluding hydrogens is 291 g/mol. The molecule has 1 N–H and O–H groups in total. The monoisotopic (exact) mass is 306 g/mol. The van der Waals surface area contributed by atoms with Crippen molar-refractivity contribution < 1.29 is 18.4 Å². The van der Waals surface area contributed by atoms with Gasteiger partial charge in [-0.3, -0.25) is 4.79 Å². The minimum absolute atomic E-state index is 0.0242. The molecule has 0 atom stereocenters. The van der Waals surface area contributed by atoms with E-state index in [2.05, 4.69) is 20.4 Å². The topological polar surface area (TPSA) is 90.1 Å². The highest BCUT2D eigenvalue weighted by atomic mass is 19.1. The maximum atomic E-state index is 12.7. The molecule has 2 heterocycles. The molecule has 1 fully saturated rings. The van der Waals surface area contributed by atoms with Gasteiger partial charge in [0, 0.05) is 12.1 Å². The van der Waals surface area contributed by atoms with Crippen molar-refractivity contribution in [1.82, 2.24) is 20.4 Å². The average molecular weight is 306 g/mol. The number of aromatic nitrogens is 3. The second-order valence-electron chi connectivity index (χ2n) is 5.13. The SMILES string of the molecule is O=C(NC1CCC(Oc2ncc(F)cn2)CC1)c1ccno1. The minimum atomic E-state index is -0.494. The summed E-state index contributed by atoms with van der Waals surface area (Å²) >= 11 is 0. The minimum Gasteiger partial charge on any atom is -0.460 e. The summed E-state index contributed by atoms with van der Waals surface area (Å²) in [5, 5.41) is 6.41. The Kier molecular flexibility index (Phi) is 4.27. The van der Waals surface area contributed by atoms with Gasteiger partial charge in [-0.2, -0.15) is 0 Å². The summed E-state index contributed by atoms with van der Waals surface area (Å²) in [5.41, 5.74) is 0. The number of nitrogens with zero attached hydrogens (tertiary/aromatic N) is 3. The Labute approximate surface area is 125 Å². The van der Waals surface area contributed by atoms with E-state index in [0.29, 0.717) is 0 Å². The standard InChI is InChI=1S/C14H15FN4O3/c15-9-7-16-14(17-8-9)21-11-3-1-10(2-4-11)19-13(20)12-5-6-18-22-12/h5-8,10-11H,1-4H2,(H,19,20). The van der Waals surface area contributed by atoms with Gasteiger partial charge in [-0.15, -0.1) is 0 Å². The second-order valence-corrected chi connectivity index (χ2v) is 5.13. The van der Waals surface area contributed by atoms with Crippen LogP contribution in [-0.2, 0) is 0 Å². The molecule has 0 bridgehead atoms. The highest BCUT2D eigenvalue weighted by Crippen LogP contribution is 2.22. The molecule has 1 amide bonds. The van der Waals surface area contributed by atoms with Crippen molar-refractivity contribution in [2.75, 3.05) is 0 Å². The summed E-state index contributed by atoms with van der Waals surface area (Å²) in [5.74, 6) is -0.548. The number of rotatable bonds is 4. The van der Waals surface area contributed by atoms with E-state index in [4.69, 9.17) is 9.26 Å². The molecule has 22 heavy (non-hydrogen) atoms. The molecule has 8 heteroatoms. The number of carbonyl (C=O) groups excluding carboxylic acids is 1. The van der Waals surface area contributed by atoms with E-state index in [1.165, 1.54) is 12.3 Å². The lowest BCUT2D eigenvalue weighted by Crippen LogP contribution is -2.39. The smallest absolute Gasteiger partial charge is 0.316 e. The van der Waals surface area contributed by atoms with Gasteiger partial charge in [-0.05, 0) is 25.7 Å². The highest BCUT2D eigenvalue weighted by Gasteiger charge is 2.25. The number of carbonyl (C=O) groups is 1. The summed E-state index contributed by atoms with van der Waals surface area (Å²) in [6.07, 6.45) is 6.66. The van der Waals surface area contributed by atoms with Crippen molar-refractivity contribution in [2.24, 2.45) is 0 Å².